The summed E-state index contributed by atoms with van der Waals surface area (Å²) in [5, 5.41) is 0. The second kappa shape index (κ2) is 6.12. The Kier molecular flexibility index (Phi) is 4.50. The van der Waals surface area contributed by atoms with Crippen LogP contribution < -0.4 is 5.73 Å². The Morgan fingerprint density at radius 2 is 1.89 bits per heavy atom. The van der Waals surface area contributed by atoms with E-state index in [1.807, 2.05) is 24.3 Å². The van der Waals surface area contributed by atoms with Gasteiger partial charge in [-0.25, -0.2) is 4.39 Å². The predicted molar refractivity (Wildman–Crippen MR) is 76.0 cm³/mol. The Hall–Kier alpha value is -1.19. The van der Waals surface area contributed by atoms with Crippen molar-refractivity contribution in [2.45, 2.75) is 12.3 Å². The van der Waals surface area contributed by atoms with Crippen molar-refractivity contribution in [1.29, 1.82) is 0 Å². The van der Waals surface area contributed by atoms with Crippen molar-refractivity contribution in [3.8, 4) is 0 Å². The summed E-state index contributed by atoms with van der Waals surface area (Å²) >= 11 is 3.53. The summed E-state index contributed by atoms with van der Waals surface area (Å²) < 4.78 is 14.3. The lowest BCUT2D eigenvalue weighted by Crippen LogP contribution is -2.15. The van der Waals surface area contributed by atoms with Gasteiger partial charge in [-0.3, -0.25) is 0 Å². The van der Waals surface area contributed by atoms with E-state index in [4.69, 9.17) is 5.73 Å². The molecule has 1 unspecified atom stereocenters. The van der Waals surface area contributed by atoms with Crippen LogP contribution in [-0.4, -0.2) is 6.54 Å². The van der Waals surface area contributed by atoms with E-state index in [-0.39, 0.29) is 11.7 Å². The maximum atomic E-state index is 13.2. The fraction of sp³-hybridized carbons (Fsp3) is 0.200. The Bertz CT molecular complexity index is 527. The SMILES string of the molecule is NCC(Cc1ccccc1Br)c1cccc(F)c1. The molecule has 18 heavy (non-hydrogen) atoms. The van der Waals surface area contributed by atoms with E-state index in [0.29, 0.717) is 6.54 Å². The zero-order valence-electron chi connectivity index (χ0n) is 9.94. The van der Waals surface area contributed by atoms with Crippen LogP contribution in [0.15, 0.2) is 53.0 Å². The lowest BCUT2D eigenvalue weighted by atomic mass is 9.92. The third-order valence-electron chi connectivity index (χ3n) is 3.03. The van der Waals surface area contributed by atoms with Gasteiger partial charge in [-0.2, -0.15) is 0 Å². The summed E-state index contributed by atoms with van der Waals surface area (Å²) in [6.07, 6.45) is 0.807. The lowest BCUT2D eigenvalue weighted by Gasteiger charge is -2.16. The molecule has 0 radical (unpaired) electrons. The van der Waals surface area contributed by atoms with E-state index >= 15 is 0 Å². The smallest absolute Gasteiger partial charge is 0.123 e. The first-order valence-electron chi connectivity index (χ1n) is 5.89. The van der Waals surface area contributed by atoms with Crippen LogP contribution in [-0.2, 0) is 6.42 Å². The van der Waals surface area contributed by atoms with Gasteiger partial charge in [0, 0.05) is 10.4 Å². The highest BCUT2D eigenvalue weighted by Crippen LogP contribution is 2.25. The summed E-state index contributed by atoms with van der Waals surface area (Å²) in [5.41, 5.74) is 7.96. The Balaban J connectivity index is 2.23. The highest BCUT2D eigenvalue weighted by atomic mass is 79.9. The summed E-state index contributed by atoms with van der Waals surface area (Å²) in [6, 6.07) is 14.7. The van der Waals surface area contributed by atoms with Crippen LogP contribution in [0.25, 0.3) is 0 Å². The maximum Gasteiger partial charge on any atom is 0.123 e. The molecular weight excluding hydrogens is 293 g/mol. The molecule has 0 aliphatic carbocycles. The average Bonchev–Trinajstić information content (AvgIpc) is 2.38. The molecule has 0 aliphatic heterocycles. The van der Waals surface area contributed by atoms with Crippen molar-refractivity contribution >= 4 is 15.9 Å². The van der Waals surface area contributed by atoms with E-state index in [0.717, 1.165) is 16.5 Å². The molecule has 0 aromatic heterocycles. The molecule has 0 saturated carbocycles. The van der Waals surface area contributed by atoms with Gasteiger partial charge in [0.1, 0.15) is 5.82 Å². The number of nitrogens with two attached hydrogens (primary N) is 1. The lowest BCUT2D eigenvalue weighted by molar-refractivity contribution is 0.616. The van der Waals surface area contributed by atoms with Gasteiger partial charge in [-0.15, -0.1) is 0 Å². The molecule has 94 valence electrons. The van der Waals surface area contributed by atoms with Crippen molar-refractivity contribution < 1.29 is 4.39 Å². The van der Waals surface area contributed by atoms with Gasteiger partial charge in [0.2, 0.25) is 0 Å². The molecule has 1 nitrogen and oxygen atoms in total. The molecule has 2 rings (SSSR count). The summed E-state index contributed by atoms with van der Waals surface area (Å²) in [6.45, 7) is 0.505. The van der Waals surface area contributed by atoms with Crippen LogP contribution in [0.3, 0.4) is 0 Å². The Morgan fingerprint density at radius 1 is 1.11 bits per heavy atom. The van der Waals surface area contributed by atoms with Crippen molar-refractivity contribution in [2.24, 2.45) is 5.73 Å². The van der Waals surface area contributed by atoms with E-state index in [9.17, 15) is 4.39 Å². The standard InChI is InChI=1S/C15H15BrFN/c16-15-7-2-1-4-12(15)8-13(10-18)11-5-3-6-14(17)9-11/h1-7,9,13H,8,10,18H2. The average molecular weight is 308 g/mol. The van der Waals surface area contributed by atoms with Gasteiger partial charge < -0.3 is 5.73 Å². The number of rotatable bonds is 4. The van der Waals surface area contributed by atoms with Crippen LogP contribution in [0, 0.1) is 5.82 Å². The summed E-state index contributed by atoms with van der Waals surface area (Å²) in [4.78, 5) is 0. The summed E-state index contributed by atoms with van der Waals surface area (Å²) in [5.74, 6) is -0.0718. The zero-order chi connectivity index (χ0) is 13.0. The molecule has 0 heterocycles. The maximum absolute atomic E-state index is 13.2. The highest BCUT2D eigenvalue weighted by Gasteiger charge is 2.12. The normalized spacial score (nSPS) is 12.4. The molecule has 2 aromatic carbocycles. The minimum atomic E-state index is -0.210. The van der Waals surface area contributed by atoms with Gasteiger partial charge in [-0.05, 0) is 42.3 Å². The van der Waals surface area contributed by atoms with E-state index < -0.39 is 0 Å². The molecule has 3 heteroatoms. The van der Waals surface area contributed by atoms with Crippen molar-refractivity contribution in [1.82, 2.24) is 0 Å². The predicted octanol–water partition coefficient (Wildman–Crippen LogP) is 3.87. The molecule has 0 fully saturated rings. The Labute approximate surface area is 115 Å². The van der Waals surface area contributed by atoms with Crippen LogP contribution in [0.1, 0.15) is 17.0 Å². The molecule has 0 aliphatic rings. The molecule has 2 aromatic rings. The molecular formula is C15H15BrFN. The molecule has 0 spiro atoms. The second-order valence-electron chi connectivity index (χ2n) is 4.28. The van der Waals surface area contributed by atoms with Crippen molar-refractivity contribution in [3.63, 3.8) is 0 Å². The fourth-order valence-corrected chi connectivity index (χ4v) is 2.47. The van der Waals surface area contributed by atoms with E-state index in [2.05, 4.69) is 22.0 Å². The first kappa shape index (κ1) is 13.2. The van der Waals surface area contributed by atoms with Crippen LogP contribution in [0.2, 0.25) is 0 Å². The number of hydrogen-bond donors (Lipinski definition) is 1. The monoisotopic (exact) mass is 307 g/mol. The van der Waals surface area contributed by atoms with Gasteiger partial charge >= 0.3 is 0 Å². The minimum Gasteiger partial charge on any atom is -0.330 e. The highest BCUT2D eigenvalue weighted by molar-refractivity contribution is 9.10. The fourth-order valence-electron chi connectivity index (χ4n) is 2.03. The van der Waals surface area contributed by atoms with Gasteiger partial charge in [0.15, 0.2) is 0 Å². The third kappa shape index (κ3) is 3.18. The third-order valence-corrected chi connectivity index (χ3v) is 3.80. The molecule has 0 saturated heterocycles. The quantitative estimate of drug-likeness (QED) is 0.911. The molecule has 0 amide bonds. The molecule has 2 N–H and O–H groups in total. The molecule has 0 bridgehead atoms. The number of hydrogen-bond acceptors (Lipinski definition) is 1. The summed E-state index contributed by atoms with van der Waals surface area (Å²) in [7, 11) is 0. The minimum absolute atomic E-state index is 0.138. The van der Waals surface area contributed by atoms with Gasteiger partial charge in [0.05, 0.1) is 0 Å². The topological polar surface area (TPSA) is 26.0 Å². The first-order valence-corrected chi connectivity index (χ1v) is 6.69. The largest absolute Gasteiger partial charge is 0.330 e. The first-order chi connectivity index (χ1) is 8.70. The van der Waals surface area contributed by atoms with Gasteiger partial charge in [-0.1, -0.05) is 46.3 Å². The zero-order valence-corrected chi connectivity index (χ0v) is 11.5. The van der Waals surface area contributed by atoms with Crippen LogP contribution in [0.4, 0.5) is 4.39 Å². The van der Waals surface area contributed by atoms with Crippen molar-refractivity contribution in [2.75, 3.05) is 6.54 Å². The number of halogens is 2. The molecule has 1 atom stereocenters. The van der Waals surface area contributed by atoms with Gasteiger partial charge in [0.25, 0.3) is 0 Å². The second-order valence-corrected chi connectivity index (χ2v) is 5.14. The van der Waals surface area contributed by atoms with Crippen LogP contribution >= 0.6 is 15.9 Å². The van der Waals surface area contributed by atoms with Crippen LogP contribution in [0.5, 0.6) is 0 Å². The van der Waals surface area contributed by atoms with E-state index in [1.54, 1.807) is 12.1 Å². The van der Waals surface area contributed by atoms with Crippen molar-refractivity contribution in [3.05, 3.63) is 69.9 Å². The Morgan fingerprint density at radius 3 is 2.56 bits per heavy atom. The number of benzene rings is 2. The van der Waals surface area contributed by atoms with E-state index in [1.165, 1.54) is 11.6 Å².